The van der Waals surface area contributed by atoms with Crippen molar-refractivity contribution in [3.63, 3.8) is 0 Å². The molecule has 1 aromatic rings. The minimum Gasteiger partial charge on any atom is -0.379 e. The molecule has 2 N–H and O–H groups in total. The van der Waals surface area contributed by atoms with Gasteiger partial charge in [-0.3, -0.25) is 9.88 Å². The van der Waals surface area contributed by atoms with E-state index in [2.05, 4.69) is 34.4 Å². The topological polar surface area (TPSA) is 66.5 Å². The highest BCUT2D eigenvalue weighted by Gasteiger charge is 2.24. The Morgan fingerprint density at radius 2 is 2.04 bits per heavy atom. The Bertz CT molecular complexity index is 475. The first-order chi connectivity index (χ1) is 11.1. The molecule has 6 nitrogen and oxygen atoms in total. The van der Waals surface area contributed by atoms with Crippen molar-refractivity contribution in [3.8, 4) is 0 Å². The molecule has 0 spiro atoms. The molecule has 1 aliphatic rings. The Hall–Kier alpha value is -1.66. The third-order valence-corrected chi connectivity index (χ3v) is 4.24. The Balaban J connectivity index is 1.81. The first-order valence-electron chi connectivity index (χ1n) is 8.35. The zero-order valence-electron chi connectivity index (χ0n) is 14.3. The SMILES string of the molecule is CC(NC(=O)NCC(C(C)C)N1CCOCC1)c1ccccn1. The average molecular weight is 320 g/mol. The van der Waals surface area contributed by atoms with Crippen LogP contribution in [0.1, 0.15) is 32.5 Å². The lowest BCUT2D eigenvalue weighted by atomic mass is 10.0. The maximum Gasteiger partial charge on any atom is 0.315 e. The van der Waals surface area contributed by atoms with Gasteiger partial charge in [-0.15, -0.1) is 0 Å². The van der Waals surface area contributed by atoms with E-state index in [-0.39, 0.29) is 12.1 Å². The van der Waals surface area contributed by atoms with Gasteiger partial charge in [-0.25, -0.2) is 4.79 Å². The van der Waals surface area contributed by atoms with Crippen LogP contribution in [0.25, 0.3) is 0 Å². The van der Waals surface area contributed by atoms with Gasteiger partial charge < -0.3 is 15.4 Å². The van der Waals surface area contributed by atoms with Gasteiger partial charge >= 0.3 is 6.03 Å². The number of carbonyl (C=O) groups is 1. The molecule has 1 aliphatic heterocycles. The fourth-order valence-electron chi connectivity index (χ4n) is 2.85. The number of rotatable bonds is 6. The van der Waals surface area contributed by atoms with Gasteiger partial charge in [-0.2, -0.15) is 0 Å². The first kappa shape index (κ1) is 17.7. The zero-order valence-corrected chi connectivity index (χ0v) is 14.3. The minimum absolute atomic E-state index is 0.114. The molecule has 2 heterocycles. The van der Waals surface area contributed by atoms with Crippen molar-refractivity contribution in [2.24, 2.45) is 5.92 Å². The third-order valence-electron chi connectivity index (χ3n) is 4.24. The van der Waals surface area contributed by atoms with E-state index in [1.165, 1.54) is 0 Å². The summed E-state index contributed by atoms with van der Waals surface area (Å²) in [6, 6.07) is 5.77. The third kappa shape index (κ3) is 5.48. The van der Waals surface area contributed by atoms with Crippen LogP contribution < -0.4 is 10.6 Å². The molecule has 1 aromatic heterocycles. The molecule has 0 bridgehead atoms. The number of urea groups is 1. The van der Waals surface area contributed by atoms with E-state index < -0.39 is 0 Å². The number of carbonyl (C=O) groups excluding carboxylic acids is 1. The van der Waals surface area contributed by atoms with Crippen LogP contribution in [0.4, 0.5) is 4.79 Å². The minimum atomic E-state index is -0.151. The van der Waals surface area contributed by atoms with Crippen molar-refractivity contribution >= 4 is 6.03 Å². The van der Waals surface area contributed by atoms with E-state index in [9.17, 15) is 4.79 Å². The maximum atomic E-state index is 12.1. The van der Waals surface area contributed by atoms with Gasteiger partial charge in [0.25, 0.3) is 0 Å². The molecule has 2 rings (SSSR count). The number of amides is 2. The Kier molecular flexibility index (Phi) is 6.80. The molecule has 2 amide bonds. The van der Waals surface area contributed by atoms with Gasteiger partial charge in [0.15, 0.2) is 0 Å². The highest BCUT2D eigenvalue weighted by atomic mass is 16.5. The molecule has 0 aromatic carbocycles. The Labute approximate surface area is 138 Å². The first-order valence-corrected chi connectivity index (χ1v) is 8.35. The fraction of sp³-hybridized carbons (Fsp3) is 0.647. The number of hydrogen-bond acceptors (Lipinski definition) is 4. The second-order valence-electron chi connectivity index (χ2n) is 6.29. The summed E-state index contributed by atoms with van der Waals surface area (Å²) in [6.07, 6.45) is 1.73. The molecule has 23 heavy (non-hydrogen) atoms. The normalized spacial score (nSPS) is 18.4. The summed E-state index contributed by atoms with van der Waals surface area (Å²) in [4.78, 5) is 18.8. The Morgan fingerprint density at radius 3 is 2.65 bits per heavy atom. The predicted octanol–water partition coefficient (Wildman–Crippen LogP) is 1.80. The summed E-state index contributed by atoms with van der Waals surface area (Å²) in [5.74, 6) is 0.474. The largest absolute Gasteiger partial charge is 0.379 e. The van der Waals surface area contributed by atoms with Crippen molar-refractivity contribution in [1.82, 2.24) is 20.5 Å². The number of ether oxygens (including phenoxy) is 1. The van der Waals surface area contributed by atoms with Crippen molar-refractivity contribution < 1.29 is 9.53 Å². The molecule has 1 fully saturated rings. The smallest absolute Gasteiger partial charge is 0.315 e. The quantitative estimate of drug-likeness (QED) is 0.839. The summed E-state index contributed by atoms with van der Waals surface area (Å²) >= 11 is 0. The highest BCUT2D eigenvalue weighted by molar-refractivity contribution is 5.74. The van der Waals surface area contributed by atoms with Gasteiger partial charge in [0.2, 0.25) is 0 Å². The van der Waals surface area contributed by atoms with Crippen LogP contribution in [0.5, 0.6) is 0 Å². The van der Waals surface area contributed by atoms with Crippen molar-refractivity contribution in [2.75, 3.05) is 32.8 Å². The van der Waals surface area contributed by atoms with Crippen molar-refractivity contribution in [2.45, 2.75) is 32.9 Å². The van der Waals surface area contributed by atoms with Crippen LogP contribution in [0, 0.1) is 5.92 Å². The molecular weight excluding hydrogens is 292 g/mol. The van der Waals surface area contributed by atoms with Gasteiger partial charge in [0, 0.05) is 31.9 Å². The number of morpholine rings is 1. The van der Waals surface area contributed by atoms with E-state index in [0.717, 1.165) is 32.0 Å². The average Bonchev–Trinajstić information content (AvgIpc) is 2.56. The second-order valence-corrected chi connectivity index (χ2v) is 6.29. The molecule has 0 saturated carbocycles. The maximum absolute atomic E-state index is 12.1. The lowest BCUT2D eigenvalue weighted by Gasteiger charge is -2.37. The highest BCUT2D eigenvalue weighted by Crippen LogP contribution is 2.12. The standard InChI is InChI=1S/C17H28N4O2/c1-13(2)16(21-8-10-23-11-9-21)12-19-17(22)20-14(3)15-6-4-5-7-18-15/h4-7,13-14,16H,8-12H2,1-3H3,(H2,19,20,22). The second kappa shape index (κ2) is 8.84. The summed E-state index contributed by atoms with van der Waals surface area (Å²) in [5, 5.41) is 5.94. The van der Waals surface area contributed by atoms with Crippen LogP contribution in [0.15, 0.2) is 24.4 Å². The van der Waals surface area contributed by atoms with Crippen LogP contribution in [0.2, 0.25) is 0 Å². The molecule has 2 unspecified atom stereocenters. The van der Waals surface area contributed by atoms with Crippen LogP contribution >= 0.6 is 0 Å². The lowest BCUT2D eigenvalue weighted by molar-refractivity contribution is 0.00718. The van der Waals surface area contributed by atoms with E-state index in [0.29, 0.717) is 18.5 Å². The summed E-state index contributed by atoms with van der Waals surface area (Å²) in [5.41, 5.74) is 0.858. The fourth-order valence-corrected chi connectivity index (χ4v) is 2.85. The van der Waals surface area contributed by atoms with E-state index in [4.69, 9.17) is 4.74 Å². The van der Waals surface area contributed by atoms with Gasteiger partial charge in [-0.05, 0) is 25.0 Å². The number of nitrogens with zero attached hydrogens (tertiary/aromatic N) is 2. The monoisotopic (exact) mass is 320 g/mol. The van der Waals surface area contributed by atoms with E-state index in [1.54, 1.807) is 6.20 Å². The van der Waals surface area contributed by atoms with Crippen molar-refractivity contribution in [1.29, 1.82) is 0 Å². The van der Waals surface area contributed by atoms with Crippen LogP contribution in [-0.2, 0) is 4.74 Å². The summed E-state index contributed by atoms with van der Waals surface area (Å²) in [7, 11) is 0. The Morgan fingerprint density at radius 1 is 1.30 bits per heavy atom. The molecule has 6 heteroatoms. The predicted molar refractivity (Wildman–Crippen MR) is 90.2 cm³/mol. The number of nitrogens with one attached hydrogen (secondary N) is 2. The zero-order chi connectivity index (χ0) is 16.7. The van der Waals surface area contributed by atoms with Gasteiger partial charge in [0.1, 0.15) is 0 Å². The molecular formula is C17H28N4O2. The molecule has 128 valence electrons. The van der Waals surface area contributed by atoms with Gasteiger partial charge in [-0.1, -0.05) is 19.9 Å². The number of hydrogen-bond donors (Lipinski definition) is 2. The van der Waals surface area contributed by atoms with Crippen LogP contribution in [-0.4, -0.2) is 54.8 Å². The van der Waals surface area contributed by atoms with Crippen molar-refractivity contribution in [3.05, 3.63) is 30.1 Å². The number of pyridine rings is 1. The summed E-state index contributed by atoms with van der Waals surface area (Å²) < 4.78 is 5.41. The molecule has 2 atom stereocenters. The molecule has 1 saturated heterocycles. The number of aromatic nitrogens is 1. The van der Waals surface area contributed by atoms with Gasteiger partial charge in [0.05, 0.1) is 24.9 Å². The lowest BCUT2D eigenvalue weighted by Crippen LogP contribution is -2.52. The molecule has 0 radical (unpaired) electrons. The van der Waals surface area contributed by atoms with E-state index >= 15 is 0 Å². The molecule has 0 aliphatic carbocycles. The van der Waals surface area contributed by atoms with E-state index in [1.807, 2.05) is 25.1 Å². The van der Waals surface area contributed by atoms with Crippen LogP contribution in [0.3, 0.4) is 0 Å². The summed E-state index contributed by atoms with van der Waals surface area (Å²) in [6.45, 7) is 10.3.